The van der Waals surface area contributed by atoms with Crippen LogP contribution in [-0.2, 0) is 17.6 Å². The Morgan fingerprint density at radius 2 is 2.00 bits per heavy atom. The number of fused-ring (bicyclic) bond motifs is 1. The van der Waals surface area contributed by atoms with Gasteiger partial charge in [-0.05, 0) is 35.2 Å². The highest BCUT2D eigenvalue weighted by Gasteiger charge is 2.23. The van der Waals surface area contributed by atoms with Gasteiger partial charge in [0, 0.05) is 37.3 Å². The van der Waals surface area contributed by atoms with Gasteiger partial charge in [-0.25, -0.2) is 4.98 Å². The molecule has 122 valence electrons. The molecular formula is C19H19N3OS. The quantitative estimate of drug-likeness (QED) is 0.703. The van der Waals surface area contributed by atoms with Crippen LogP contribution in [0.3, 0.4) is 0 Å². The van der Waals surface area contributed by atoms with Crippen LogP contribution in [-0.4, -0.2) is 29.6 Å². The summed E-state index contributed by atoms with van der Waals surface area (Å²) in [6.07, 6.45) is 1.81. The van der Waals surface area contributed by atoms with Crippen molar-refractivity contribution in [3.63, 3.8) is 0 Å². The molecular weight excluding hydrogens is 318 g/mol. The molecule has 4 rings (SSSR count). The van der Waals surface area contributed by atoms with E-state index in [1.807, 2.05) is 0 Å². The van der Waals surface area contributed by atoms with Gasteiger partial charge in [0.05, 0.1) is 6.61 Å². The molecule has 0 fully saturated rings. The molecule has 0 atom stereocenters. The van der Waals surface area contributed by atoms with Crippen LogP contribution in [0, 0.1) is 0 Å². The molecule has 0 unspecified atom stereocenters. The zero-order valence-corrected chi connectivity index (χ0v) is 14.4. The lowest BCUT2D eigenvalue weighted by atomic mass is 10.0. The highest BCUT2D eigenvalue weighted by molar-refractivity contribution is 7.09. The molecule has 0 spiro atoms. The van der Waals surface area contributed by atoms with Gasteiger partial charge in [0.2, 0.25) is 5.13 Å². The molecule has 0 aliphatic carbocycles. The Hall–Kier alpha value is -2.24. The molecule has 0 radical (unpaired) electrons. The van der Waals surface area contributed by atoms with E-state index >= 15 is 0 Å². The Morgan fingerprint density at radius 3 is 2.83 bits per heavy atom. The molecule has 0 saturated heterocycles. The first kappa shape index (κ1) is 15.3. The Bertz CT molecular complexity index is 832. The van der Waals surface area contributed by atoms with E-state index in [0.717, 1.165) is 30.3 Å². The molecule has 0 amide bonds. The maximum absolute atomic E-state index is 5.10. The van der Waals surface area contributed by atoms with Crippen LogP contribution < -0.4 is 4.90 Å². The van der Waals surface area contributed by atoms with E-state index in [9.17, 15) is 0 Å². The zero-order chi connectivity index (χ0) is 16.4. The van der Waals surface area contributed by atoms with Gasteiger partial charge in [0.15, 0.2) is 0 Å². The second kappa shape index (κ2) is 6.71. The number of aromatic nitrogens is 2. The van der Waals surface area contributed by atoms with Crippen LogP contribution in [0.4, 0.5) is 10.8 Å². The molecule has 1 aliphatic heterocycles. The largest absolute Gasteiger partial charge is 0.384 e. The average Bonchev–Trinajstić information content (AvgIpc) is 3.26. The topological polar surface area (TPSA) is 38.2 Å². The molecule has 2 aromatic carbocycles. The summed E-state index contributed by atoms with van der Waals surface area (Å²) in [4.78, 5) is 6.94. The van der Waals surface area contributed by atoms with Gasteiger partial charge in [0.25, 0.3) is 0 Å². The second-order valence-electron chi connectivity index (χ2n) is 5.85. The lowest BCUT2D eigenvalue weighted by Gasteiger charge is -2.15. The number of nitrogens with zero attached hydrogens (tertiary/aromatic N) is 3. The maximum Gasteiger partial charge on any atom is 0.209 e. The van der Waals surface area contributed by atoms with Crippen molar-refractivity contribution < 1.29 is 4.74 Å². The van der Waals surface area contributed by atoms with Crippen molar-refractivity contribution in [1.82, 2.24) is 9.36 Å². The molecule has 0 N–H and O–H groups in total. The van der Waals surface area contributed by atoms with E-state index < -0.39 is 0 Å². The normalized spacial score (nSPS) is 13.3. The van der Waals surface area contributed by atoms with Gasteiger partial charge in [-0.15, -0.1) is 0 Å². The maximum atomic E-state index is 5.10. The molecule has 0 saturated carbocycles. The Balaban J connectivity index is 1.59. The molecule has 3 aromatic rings. The predicted molar refractivity (Wildman–Crippen MR) is 98.1 cm³/mol. The highest BCUT2D eigenvalue weighted by Crippen LogP contribution is 2.37. The predicted octanol–water partition coefficient (Wildman–Crippen LogP) is 4.09. The Kier molecular flexibility index (Phi) is 4.28. The number of hydrogen-bond donors (Lipinski definition) is 0. The van der Waals surface area contributed by atoms with Crippen molar-refractivity contribution >= 4 is 22.4 Å². The minimum absolute atomic E-state index is 0.660. The summed E-state index contributed by atoms with van der Waals surface area (Å²) in [7, 11) is 1.70. The third-order valence-corrected chi connectivity index (χ3v) is 5.08. The fourth-order valence-corrected chi connectivity index (χ4v) is 3.81. The fourth-order valence-electron chi connectivity index (χ4n) is 3.06. The van der Waals surface area contributed by atoms with Gasteiger partial charge < -0.3 is 9.64 Å². The number of benzene rings is 2. The van der Waals surface area contributed by atoms with Crippen molar-refractivity contribution in [2.45, 2.75) is 12.8 Å². The number of anilines is 2. The molecule has 0 bridgehead atoms. The average molecular weight is 337 g/mol. The van der Waals surface area contributed by atoms with Gasteiger partial charge in [-0.3, -0.25) is 0 Å². The molecule has 5 heteroatoms. The lowest BCUT2D eigenvalue weighted by molar-refractivity contribution is 0.201. The molecule has 1 aromatic heterocycles. The van der Waals surface area contributed by atoms with Crippen molar-refractivity contribution in [1.29, 1.82) is 0 Å². The number of hydrogen-bond acceptors (Lipinski definition) is 5. The van der Waals surface area contributed by atoms with E-state index in [2.05, 4.69) is 62.8 Å². The van der Waals surface area contributed by atoms with E-state index in [-0.39, 0.29) is 0 Å². The van der Waals surface area contributed by atoms with E-state index in [4.69, 9.17) is 4.74 Å². The molecule has 4 nitrogen and oxygen atoms in total. The lowest BCUT2D eigenvalue weighted by Crippen LogP contribution is -2.13. The summed E-state index contributed by atoms with van der Waals surface area (Å²) in [5.74, 6) is 0.867. The van der Waals surface area contributed by atoms with Gasteiger partial charge in [-0.1, -0.05) is 36.4 Å². The zero-order valence-electron chi connectivity index (χ0n) is 13.6. The first-order valence-electron chi connectivity index (χ1n) is 8.12. The second-order valence-corrected chi connectivity index (χ2v) is 6.58. The van der Waals surface area contributed by atoms with Crippen LogP contribution in [0.15, 0.2) is 48.5 Å². The first-order valence-corrected chi connectivity index (χ1v) is 8.90. The molecule has 2 heterocycles. The first-order chi connectivity index (χ1) is 11.8. The van der Waals surface area contributed by atoms with Gasteiger partial charge in [-0.2, -0.15) is 4.37 Å². The van der Waals surface area contributed by atoms with Crippen molar-refractivity contribution in [3.8, 4) is 11.1 Å². The molecule has 1 aliphatic rings. The van der Waals surface area contributed by atoms with Crippen LogP contribution >= 0.6 is 11.5 Å². The smallest absolute Gasteiger partial charge is 0.209 e. The third kappa shape index (κ3) is 2.92. The minimum atomic E-state index is 0.660. The van der Waals surface area contributed by atoms with Gasteiger partial charge in [0.1, 0.15) is 5.82 Å². The third-order valence-electron chi connectivity index (χ3n) is 4.30. The number of ether oxygens (including phenoxy) is 1. The van der Waals surface area contributed by atoms with Crippen molar-refractivity contribution in [2.75, 3.05) is 25.2 Å². The van der Waals surface area contributed by atoms with Crippen LogP contribution in [0.25, 0.3) is 11.1 Å². The molecule has 24 heavy (non-hydrogen) atoms. The van der Waals surface area contributed by atoms with E-state index in [1.54, 1.807) is 7.11 Å². The summed E-state index contributed by atoms with van der Waals surface area (Å²) in [6.45, 7) is 1.62. The summed E-state index contributed by atoms with van der Waals surface area (Å²) < 4.78 is 9.55. The number of rotatable bonds is 5. The summed E-state index contributed by atoms with van der Waals surface area (Å²) in [5.41, 5.74) is 5.17. The summed E-state index contributed by atoms with van der Waals surface area (Å²) >= 11 is 1.47. The van der Waals surface area contributed by atoms with E-state index in [1.165, 1.54) is 33.9 Å². The summed E-state index contributed by atoms with van der Waals surface area (Å²) in [5, 5.41) is 0.979. The van der Waals surface area contributed by atoms with Crippen molar-refractivity contribution in [2.24, 2.45) is 0 Å². The van der Waals surface area contributed by atoms with E-state index in [0.29, 0.717) is 6.61 Å². The Labute approximate surface area is 145 Å². The monoisotopic (exact) mass is 337 g/mol. The minimum Gasteiger partial charge on any atom is -0.384 e. The van der Waals surface area contributed by atoms with Crippen LogP contribution in [0.2, 0.25) is 0 Å². The van der Waals surface area contributed by atoms with Crippen molar-refractivity contribution in [3.05, 3.63) is 59.9 Å². The summed E-state index contributed by atoms with van der Waals surface area (Å²) in [6, 6.07) is 17.2. The fraction of sp³-hybridized carbons (Fsp3) is 0.263. The standard InChI is InChI=1S/C19H19N3OS/c1-23-12-10-18-20-19(24-21-18)22-11-9-16-13-15(7-8-17(16)22)14-5-3-2-4-6-14/h2-8,13H,9-12H2,1H3. The number of methoxy groups -OCH3 is 1. The highest BCUT2D eigenvalue weighted by atomic mass is 32.1. The van der Waals surface area contributed by atoms with Gasteiger partial charge >= 0.3 is 0 Å². The van der Waals surface area contributed by atoms with Crippen LogP contribution in [0.5, 0.6) is 0 Å². The Morgan fingerprint density at radius 1 is 1.12 bits per heavy atom. The van der Waals surface area contributed by atoms with Crippen LogP contribution in [0.1, 0.15) is 11.4 Å². The SMILES string of the molecule is COCCc1nsc(N2CCc3cc(-c4ccccc4)ccc32)n1.